The average molecular weight is 285 g/mol. The van der Waals surface area contributed by atoms with Gasteiger partial charge in [0, 0.05) is 12.6 Å². The van der Waals surface area contributed by atoms with Crippen molar-refractivity contribution in [1.29, 1.82) is 0 Å². The molecule has 1 aromatic rings. The van der Waals surface area contributed by atoms with Gasteiger partial charge < -0.3 is 15.8 Å². The van der Waals surface area contributed by atoms with E-state index in [-0.39, 0.29) is 24.4 Å². The number of ether oxygens (including phenoxy) is 1. The zero-order valence-electron chi connectivity index (χ0n) is 11.1. The predicted octanol–water partition coefficient (Wildman–Crippen LogP) is 1.97. The molecule has 19 heavy (non-hydrogen) atoms. The number of nitrogens with two attached hydrogens (primary N) is 1. The van der Waals surface area contributed by atoms with Gasteiger partial charge >= 0.3 is 0 Å². The summed E-state index contributed by atoms with van der Waals surface area (Å²) in [6, 6.07) is 7.34. The van der Waals surface area contributed by atoms with Gasteiger partial charge in [-0.1, -0.05) is 12.1 Å². The maximum absolute atomic E-state index is 12.0. The summed E-state index contributed by atoms with van der Waals surface area (Å²) in [6.07, 6.45) is 2.37. The van der Waals surface area contributed by atoms with Crippen LogP contribution in [0.3, 0.4) is 0 Å². The molecule has 1 atom stereocenters. The van der Waals surface area contributed by atoms with Crippen LogP contribution in [0.1, 0.15) is 30.1 Å². The first-order valence-electron chi connectivity index (χ1n) is 6.48. The number of rotatable bonds is 6. The number of amides is 1. The first-order chi connectivity index (χ1) is 8.72. The molecule has 4 nitrogen and oxygen atoms in total. The van der Waals surface area contributed by atoms with E-state index in [1.807, 2.05) is 19.1 Å². The molecule has 5 heteroatoms. The summed E-state index contributed by atoms with van der Waals surface area (Å²) in [5, 5.41) is 2.87. The number of hydrogen-bond donors (Lipinski definition) is 2. The van der Waals surface area contributed by atoms with Crippen molar-refractivity contribution in [1.82, 2.24) is 5.32 Å². The van der Waals surface area contributed by atoms with E-state index in [9.17, 15) is 4.79 Å². The van der Waals surface area contributed by atoms with Crippen LogP contribution in [0.15, 0.2) is 24.3 Å². The van der Waals surface area contributed by atoms with E-state index in [4.69, 9.17) is 10.5 Å². The van der Waals surface area contributed by atoms with Crippen LogP contribution in [0.5, 0.6) is 5.75 Å². The summed E-state index contributed by atoms with van der Waals surface area (Å²) in [6.45, 7) is 2.98. The Morgan fingerprint density at radius 2 is 2.16 bits per heavy atom. The molecule has 1 aliphatic carbocycles. The summed E-state index contributed by atoms with van der Waals surface area (Å²) in [4.78, 5) is 12.0. The molecule has 0 aliphatic heterocycles. The van der Waals surface area contributed by atoms with Gasteiger partial charge in [-0.05, 0) is 37.8 Å². The van der Waals surface area contributed by atoms with Crippen LogP contribution in [-0.2, 0) is 0 Å². The minimum absolute atomic E-state index is 0. The van der Waals surface area contributed by atoms with Crippen molar-refractivity contribution in [2.45, 2.75) is 25.8 Å². The quantitative estimate of drug-likeness (QED) is 0.839. The van der Waals surface area contributed by atoms with Gasteiger partial charge in [0.05, 0.1) is 12.2 Å². The van der Waals surface area contributed by atoms with Gasteiger partial charge in [0.15, 0.2) is 0 Å². The van der Waals surface area contributed by atoms with Crippen molar-refractivity contribution in [3.05, 3.63) is 29.8 Å². The first kappa shape index (κ1) is 15.8. The highest BCUT2D eigenvalue weighted by Crippen LogP contribution is 2.31. The zero-order chi connectivity index (χ0) is 13.0. The van der Waals surface area contributed by atoms with Crippen LogP contribution >= 0.6 is 12.4 Å². The standard InChI is InChI=1S/C14H20N2O2.ClH/c1-2-18-13-6-4-3-5-11(13)14(17)16-9-12(15)10-7-8-10;/h3-6,10,12H,2,7-9,15H2,1H3,(H,16,17);1H. The van der Waals surface area contributed by atoms with E-state index in [1.165, 1.54) is 12.8 Å². The second-order valence-corrected chi connectivity index (χ2v) is 4.64. The van der Waals surface area contributed by atoms with E-state index < -0.39 is 0 Å². The number of nitrogens with one attached hydrogen (secondary N) is 1. The van der Waals surface area contributed by atoms with Gasteiger partial charge in [-0.3, -0.25) is 4.79 Å². The molecule has 0 radical (unpaired) electrons. The van der Waals surface area contributed by atoms with E-state index in [2.05, 4.69) is 5.32 Å². The Hall–Kier alpha value is -1.26. The van der Waals surface area contributed by atoms with Crippen molar-refractivity contribution < 1.29 is 9.53 Å². The number of hydrogen-bond acceptors (Lipinski definition) is 3. The van der Waals surface area contributed by atoms with Crippen molar-refractivity contribution in [2.24, 2.45) is 11.7 Å². The van der Waals surface area contributed by atoms with Gasteiger partial charge in [0.2, 0.25) is 0 Å². The van der Waals surface area contributed by atoms with Crippen LogP contribution in [0.4, 0.5) is 0 Å². The van der Waals surface area contributed by atoms with Gasteiger partial charge in [-0.15, -0.1) is 12.4 Å². The summed E-state index contributed by atoms with van der Waals surface area (Å²) in [7, 11) is 0. The van der Waals surface area contributed by atoms with Crippen LogP contribution in [0.2, 0.25) is 0 Å². The van der Waals surface area contributed by atoms with Crippen molar-refractivity contribution in [3.8, 4) is 5.75 Å². The third-order valence-electron chi connectivity index (χ3n) is 3.16. The van der Waals surface area contributed by atoms with E-state index >= 15 is 0 Å². The Balaban J connectivity index is 0.00000180. The van der Waals surface area contributed by atoms with Crippen LogP contribution < -0.4 is 15.8 Å². The first-order valence-corrected chi connectivity index (χ1v) is 6.48. The van der Waals surface area contributed by atoms with Crippen molar-refractivity contribution in [3.63, 3.8) is 0 Å². The van der Waals surface area contributed by atoms with Gasteiger partial charge in [-0.25, -0.2) is 0 Å². The van der Waals surface area contributed by atoms with Gasteiger partial charge in [0.1, 0.15) is 5.75 Å². The highest BCUT2D eigenvalue weighted by Gasteiger charge is 2.28. The number of carbonyl (C=O) groups excluding carboxylic acids is 1. The highest BCUT2D eigenvalue weighted by atomic mass is 35.5. The maximum atomic E-state index is 12.0. The third-order valence-corrected chi connectivity index (χ3v) is 3.16. The normalized spacial score (nSPS) is 15.3. The molecular weight excluding hydrogens is 264 g/mol. The Morgan fingerprint density at radius 1 is 1.47 bits per heavy atom. The Kier molecular flexibility index (Phi) is 6.12. The minimum Gasteiger partial charge on any atom is -0.493 e. The minimum atomic E-state index is -0.116. The van der Waals surface area contributed by atoms with E-state index in [1.54, 1.807) is 12.1 Å². The molecular formula is C14H21ClN2O2. The topological polar surface area (TPSA) is 64.3 Å². The summed E-state index contributed by atoms with van der Waals surface area (Å²) in [5.74, 6) is 1.10. The molecule has 1 amide bonds. The molecule has 1 unspecified atom stereocenters. The lowest BCUT2D eigenvalue weighted by Gasteiger charge is -2.13. The molecule has 1 fully saturated rings. The predicted molar refractivity (Wildman–Crippen MR) is 77.9 cm³/mol. The summed E-state index contributed by atoms with van der Waals surface area (Å²) >= 11 is 0. The molecule has 2 rings (SSSR count). The molecule has 0 aromatic heterocycles. The van der Waals surface area contributed by atoms with Crippen molar-refractivity contribution >= 4 is 18.3 Å². The molecule has 3 N–H and O–H groups in total. The Bertz CT molecular complexity index is 422. The number of benzene rings is 1. The van der Waals surface area contributed by atoms with Gasteiger partial charge in [-0.2, -0.15) is 0 Å². The average Bonchev–Trinajstić information content (AvgIpc) is 3.21. The molecule has 0 heterocycles. The summed E-state index contributed by atoms with van der Waals surface area (Å²) in [5.41, 5.74) is 6.53. The van der Waals surface area contributed by atoms with Crippen LogP contribution in [0.25, 0.3) is 0 Å². The third kappa shape index (κ3) is 4.40. The Labute approximate surface area is 120 Å². The molecule has 1 aromatic carbocycles. The van der Waals surface area contributed by atoms with Crippen LogP contribution in [-0.4, -0.2) is 25.1 Å². The molecule has 0 spiro atoms. The number of halogens is 1. The van der Waals surface area contributed by atoms with Crippen molar-refractivity contribution in [2.75, 3.05) is 13.2 Å². The smallest absolute Gasteiger partial charge is 0.255 e. The number of carbonyl (C=O) groups is 1. The molecule has 0 saturated heterocycles. The fourth-order valence-corrected chi connectivity index (χ4v) is 1.93. The lowest BCUT2D eigenvalue weighted by atomic mass is 10.1. The lowest BCUT2D eigenvalue weighted by molar-refractivity contribution is 0.0946. The zero-order valence-corrected chi connectivity index (χ0v) is 11.9. The summed E-state index contributed by atoms with van der Waals surface area (Å²) < 4.78 is 5.43. The second-order valence-electron chi connectivity index (χ2n) is 4.64. The largest absolute Gasteiger partial charge is 0.493 e. The monoisotopic (exact) mass is 284 g/mol. The highest BCUT2D eigenvalue weighted by molar-refractivity contribution is 5.96. The van der Waals surface area contributed by atoms with E-state index in [0.29, 0.717) is 30.4 Å². The molecule has 1 aliphatic rings. The van der Waals surface area contributed by atoms with Crippen LogP contribution in [0, 0.1) is 5.92 Å². The van der Waals surface area contributed by atoms with E-state index in [0.717, 1.165) is 0 Å². The molecule has 106 valence electrons. The molecule has 0 bridgehead atoms. The number of para-hydroxylation sites is 1. The lowest BCUT2D eigenvalue weighted by Crippen LogP contribution is -2.38. The fraction of sp³-hybridized carbons (Fsp3) is 0.500. The van der Waals surface area contributed by atoms with Gasteiger partial charge in [0.25, 0.3) is 5.91 Å². The fourth-order valence-electron chi connectivity index (χ4n) is 1.93. The molecule has 1 saturated carbocycles. The SMILES string of the molecule is CCOc1ccccc1C(=O)NCC(N)C1CC1.Cl. The Morgan fingerprint density at radius 3 is 2.79 bits per heavy atom. The maximum Gasteiger partial charge on any atom is 0.255 e. The second kappa shape index (κ2) is 7.36.